The molecule has 0 aliphatic carbocycles. The first-order valence-electron chi connectivity index (χ1n) is 11.9. The Labute approximate surface area is 218 Å². The predicted octanol–water partition coefficient (Wildman–Crippen LogP) is 8.01. The number of rotatable bonds is 6. The summed E-state index contributed by atoms with van der Waals surface area (Å²) in [5.74, 6) is -0.0796. The van der Waals surface area contributed by atoms with Gasteiger partial charge >= 0.3 is 0 Å². The van der Waals surface area contributed by atoms with E-state index in [0.717, 1.165) is 33.3 Å². The van der Waals surface area contributed by atoms with Crippen molar-refractivity contribution in [3.05, 3.63) is 137 Å². The third-order valence-electron chi connectivity index (χ3n) is 6.09. The molecule has 0 saturated heterocycles. The predicted molar refractivity (Wildman–Crippen MR) is 152 cm³/mol. The van der Waals surface area contributed by atoms with Gasteiger partial charge in [0.25, 0.3) is 0 Å². The van der Waals surface area contributed by atoms with Crippen molar-refractivity contribution >= 4 is 39.2 Å². The summed E-state index contributed by atoms with van der Waals surface area (Å²) in [4.78, 5) is 19.9. The summed E-state index contributed by atoms with van der Waals surface area (Å²) in [5, 5.41) is 10.1. The second-order valence-corrected chi connectivity index (χ2v) is 9.48. The van der Waals surface area contributed by atoms with Crippen molar-refractivity contribution in [2.75, 3.05) is 0 Å². The molecule has 0 atom stereocenters. The van der Waals surface area contributed by atoms with Gasteiger partial charge in [-0.3, -0.25) is 9.79 Å². The maximum absolute atomic E-state index is 13.7. The van der Waals surface area contributed by atoms with E-state index >= 15 is 0 Å². The molecule has 0 fully saturated rings. The minimum absolute atomic E-state index is 0.0796. The molecule has 0 bridgehead atoms. The van der Waals surface area contributed by atoms with Crippen LogP contribution in [0.4, 0.5) is 5.69 Å². The highest BCUT2D eigenvalue weighted by molar-refractivity contribution is 7.21. The summed E-state index contributed by atoms with van der Waals surface area (Å²) < 4.78 is 0. The quantitative estimate of drug-likeness (QED) is 0.174. The average molecular weight is 496 g/mol. The van der Waals surface area contributed by atoms with Crippen LogP contribution in [0.15, 0.2) is 126 Å². The Morgan fingerprint density at radius 3 is 1.89 bits per heavy atom. The third-order valence-corrected chi connectivity index (χ3v) is 7.15. The Hall–Kier alpha value is -4.74. The Balaban J connectivity index is 1.67. The van der Waals surface area contributed by atoms with Gasteiger partial charge in [0.15, 0.2) is 0 Å². The number of ketones is 1. The van der Waals surface area contributed by atoms with Gasteiger partial charge in [-0.2, -0.15) is 0 Å². The number of carbonyl (C=O) groups is 1. The number of aromatic nitrogens is 2. The second kappa shape index (κ2) is 10.1. The van der Waals surface area contributed by atoms with E-state index in [9.17, 15) is 4.79 Å². The fourth-order valence-electron chi connectivity index (χ4n) is 4.33. The first-order valence-corrected chi connectivity index (χ1v) is 12.7. The Kier molecular flexibility index (Phi) is 6.19. The minimum Gasteiger partial charge on any atom is -0.288 e. The molecule has 176 valence electrons. The number of aliphatic imine (C=N–C) groups is 1. The van der Waals surface area contributed by atoms with Gasteiger partial charge in [0.1, 0.15) is 15.4 Å². The maximum atomic E-state index is 13.7. The van der Waals surface area contributed by atoms with Gasteiger partial charge in [0, 0.05) is 28.3 Å². The second-order valence-electron chi connectivity index (χ2n) is 8.48. The van der Waals surface area contributed by atoms with Crippen LogP contribution in [-0.4, -0.2) is 22.2 Å². The van der Waals surface area contributed by atoms with Crippen LogP contribution in [0.5, 0.6) is 0 Å². The molecule has 0 spiro atoms. The zero-order chi connectivity index (χ0) is 25.0. The van der Waals surface area contributed by atoms with Gasteiger partial charge in [0.05, 0.1) is 5.69 Å². The summed E-state index contributed by atoms with van der Waals surface area (Å²) in [6.45, 7) is 0. The highest BCUT2D eigenvalue weighted by atomic mass is 32.1. The largest absolute Gasteiger partial charge is 0.288 e. The number of benzene rings is 4. The molecule has 4 aromatic carbocycles. The first kappa shape index (κ1) is 22.7. The number of hydrogen-bond donors (Lipinski definition) is 0. The fourth-order valence-corrected chi connectivity index (χ4v) is 5.37. The summed E-state index contributed by atoms with van der Waals surface area (Å²) >= 11 is 1.34. The van der Waals surface area contributed by atoms with E-state index in [1.807, 2.05) is 109 Å². The molecule has 0 N–H and O–H groups in total. The summed E-state index contributed by atoms with van der Waals surface area (Å²) in [7, 11) is 0. The average Bonchev–Trinajstić information content (AvgIpc) is 3.35. The van der Waals surface area contributed by atoms with Crippen LogP contribution in [0.3, 0.4) is 0 Å². The van der Waals surface area contributed by atoms with Gasteiger partial charge in [-0.05, 0) is 11.1 Å². The molecule has 0 aliphatic heterocycles. The molecular formula is C32H21N3OS. The van der Waals surface area contributed by atoms with E-state index in [4.69, 9.17) is 4.99 Å². The zero-order valence-electron chi connectivity index (χ0n) is 19.8. The molecule has 6 rings (SSSR count). The monoisotopic (exact) mass is 495 g/mol. The van der Waals surface area contributed by atoms with Gasteiger partial charge in [-0.15, -0.1) is 21.5 Å². The lowest BCUT2D eigenvalue weighted by Crippen LogP contribution is -1.98. The number of carbonyl (C=O) groups excluding carboxylic acids is 1. The van der Waals surface area contributed by atoms with E-state index in [1.165, 1.54) is 11.3 Å². The molecule has 6 aromatic rings. The number of nitrogens with zero attached hydrogens (tertiary/aromatic N) is 3. The standard InChI is InChI=1S/C32H21N3OS/c36-30(25-19-11-4-12-20-25)31-29(33-21-22-13-5-1-6-14-22)27-26(23-15-7-2-8-16-23)28(34-35-32(27)37-31)24-17-9-3-10-18-24/h1-21H. The molecule has 0 aliphatic rings. The van der Waals surface area contributed by atoms with Crippen molar-refractivity contribution < 1.29 is 4.79 Å². The Morgan fingerprint density at radius 2 is 1.24 bits per heavy atom. The van der Waals surface area contributed by atoms with Crippen molar-refractivity contribution in [2.24, 2.45) is 4.99 Å². The van der Waals surface area contributed by atoms with E-state index < -0.39 is 0 Å². The lowest BCUT2D eigenvalue weighted by molar-refractivity contribution is 0.104. The number of hydrogen-bond acceptors (Lipinski definition) is 5. The summed E-state index contributed by atoms with van der Waals surface area (Å²) in [6.07, 6.45) is 1.81. The Morgan fingerprint density at radius 1 is 0.676 bits per heavy atom. The van der Waals surface area contributed by atoms with Gasteiger partial charge in [0.2, 0.25) is 5.78 Å². The van der Waals surface area contributed by atoms with Gasteiger partial charge in [-0.25, -0.2) is 0 Å². The van der Waals surface area contributed by atoms with Crippen molar-refractivity contribution in [2.45, 2.75) is 0 Å². The zero-order valence-corrected chi connectivity index (χ0v) is 20.6. The van der Waals surface area contributed by atoms with Crippen LogP contribution in [0.2, 0.25) is 0 Å². The van der Waals surface area contributed by atoms with Crippen LogP contribution < -0.4 is 0 Å². The first-order chi connectivity index (χ1) is 18.3. The van der Waals surface area contributed by atoms with Crippen LogP contribution in [0.1, 0.15) is 20.8 Å². The topological polar surface area (TPSA) is 55.2 Å². The lowest BCUT2D eigenvalue weighted by Gasteiger charge is -2.11. The highest BCUT2D eigenvalue weighted by Crippen LogP contribution is 2.46. The van der Waals surface area contributed by atoms with Crippen LogP contribution in [0, 0.1) is 0 Å². The van der Waals surface area contributed by atoms with Gasteiger partial charge < -0.3 is 0 Å². The number of fused-ring (bicyclic) bond motifs is 1. The number of thiophene rings is 1. The van der Waals surface area contributed by atoms with E-state index in [2.05, 4.69) is 22.3 Å². The lowest BCUT2D eigenvalue weighted by atomic mass is 9.96. The van der Waals surface area contributed by atoms with Crippen molar-refractivity contribution in [1.82, 2.24) is 10.2 Å². The molecular weight excluding hydrogens is 474 g/mol. The molecule has 0 radical (unpaired) electrons. The molecule has 0 unspecified atom stereocenters. The van der Waals surface area contributed by atoms with Crippen LogP contribution >= 0.6 is 11.3 Å². The normalized spacial score (nSPS) is 11.2. The molecule has 37 heavy (non-hydrogen) atoms. The van der Waals surface area contributed by atoms with Crippen LogP contribution in [0.25, 0.3) is 32.6 Å². The summed E-state index contributed by atoms with van der Waals surface area (Å²) in [5.41, 5.74) is 5.80. The molecule has 4 nitrogen and oxygen atoms in total. The fraction of sp³-hybridized carbons (Fsp3) is 0. The minimum atomic E-state index is -0.0796. The molecule has 0 saturated carbocycles. The van der Waals surface area contributed by atoms with Crippen molar-refractivity contribution in [1.29, 1.82) is 0 Å². The van der Waals surface area contributed by atoms with Crippen molar-refractivity contribution in [3.63, 3.8) is 0 Å². The third kappa shape index (κ3) is 4.48. The molecule has 2 aromatic heterocycles. The smallest absolute Gasteiger partial charge is 0.205 e. The molecule has 5 heteroatoms. The molecule has 0 amide bonds. The maximum Gasteiger partial charge on any atom is 0.205 e. The van der Waals surface area contributed by atoms with Crippen molar-refractivity contribution in [3.8, 4) is 22.4 Å². The van der Waals surface area contributed by atoms with E-state index in [-0.39, 0.29) is 5.78 Å². The molecule has 2 heterocycles. The highest BCUT2D eigenvalue weighted by Gasteiger charge is 2.25. The van der Waals surface area contributed by atoms with Gasteiger partial charge in [-0.1, -0.05) is 121 Å². The van der Waals surface area contributed by atoms with Crippen LogP contribution in [-0.2, 0) is 0 Å². The SMILES string of the molecule is O=C(c1ccccc1)c1sc2nnc(-c3ccccc3)c(-c3ccccc3)c2c1N=Cc1ccccc1. The van der Waals surface area contributed by atoms with E-state index in [1.54, 1.807) is 6.21 Å². The van der Waals surface area contributed by atoms with E-state index in [0.29, 0.717) is 21.0 Å². The summed E-state index contributed by atoms with van der Waals surface area (Å²) in [6, 6.07) is 39.3. The Bertz CT molecular complexity index is 1710.